The SMILES string of the molecule is CC#Cc1cc(-c2cc(C(F)(F)F)nn2-c2ccc(S(N)(=O)=O)cc2)ccc1OC. The van der Waals surface area contributed by atoms with Crippen molar-refractivity contribution in [2.45, 2.75) is 18.0 Å². The number of hydrogen-bond donors (Lipinski definition) is 1. The molecule has 2 aromatic carbocycles. The van der Waals surface area contributed by atoms with Crippen molar-refractivity contribution in [1.29, 1.82) is 0 Å². The molecule has 30 heavy (non-hydrogen) atoms. The molecule has 3 rings (SSSR count). The highest BCUT2D eigenvalue weighted by Crippen LogP contribution is 2.34. The molecule has 0 saturated carbocycles. The van der Waals surface area contributed by atoms with Crippen LogP contribution in [0, 0.1) is 11.8 Å². The predicted octanol–water partition coefficient (Wildman–Crippen LogP) is 3.59. The van der Waals surface area contributed by atoms with E-state index in [1.165, 1.54) is 31.4 Å². The van der Waals surface area contributed by atoms with Crippen LogP contribution in [0.25, 0.3) is 16.9 Å². The maximum Gasteiger partial charge on any atom is 0.435 e. The zero-order valence-electron chi connectivity index (χ0n) is 15.9. The third kappa shape index (κ3) is 4.32. The van der Waals surface area contributed by atoms with Gasteiger partial charge in [0.25, 0.3) is 0 Å². The lowest BCUT2D eigenvalue weighted by Gasteiger charge is -2.10. The van der Waals surface area contributed by atoms with Crippen molar-refractivity contribution >= 4 is 10.0 Å². The highest BCUT2D eigenvalue weighted by molar-refractivity contribution is 7.89. The van der Waals surface area contributed by atoms with Gasteiger partial charge in [0, 0.05) is 5.56 Å². The highest BCUT2D eigenvalue weighted by atomic mass is 32.2. The van der Waals surface area contributed by atoms with Crippen LogP contribution in [0.15, 0.2) is 53.4 Å². The van der Waals surface area contributed by atoms with Gasteiger partial charge in [0.2, 0.25) is 10.0 Å². The maximum absolute atomic E-state index is 13.3. The zero-order chi connectivity index (χ0) is 22.1. The van der Waals surface area contributed by atoms with Crippen LogP contribution in [0.2, 0.25) is 0 Å². The van der Waals surface area contributed by atoms with Gasteiger partial charge in [-0.3, -0.25) is 0 Å². The van der Waals surface area contributed by atoms with E-state index in [1.54, 1.807) is 25.1 Å². The van der Waals surface area contributed by atoms with E-state index in [9.17, 15) is 21.6 Å². The van der Waals surface area contributed by atoms with Gasteiger partial charge in [-0.2, -0.15) is 18.3 Å². The summed E-state index contributed by atoms with van der Waals surface area (Å²) in [6.45, 7) is 1.63. The van der Waals surface area contributed by atoms with E-state index in [2.05, 4.69) is 16.9 Å². The lowest BCUT2D eigenvalue weighted by molar-refractivity contribution is -0.141. The Morgan fingerprint density at radius 3 is 2.30 bits per heavy atom. The summed E-state index contributed by atoms with van der Waals surface area (Å²) < 4.78 is 69.2. The first-order valence-corrected chi connectivity index (χ1v) is 10.0. The molecule has 1 heterocycles. The number of sulfonamides is 1. The van der Waals surface area contributed by atoms with Crippen LogP contribution in [0.3, 0.4) is 0 Å². The summed E-state index contributed by atoms with van der Waals surface area (Å²) >= 11 is 0. The molecule has 1 aromatic heterocycles. The van der Waals surface area contributed by atoms with E-state index in [-0.39, 0.29) is 16.3 Å². The Morgan fingerprint density at radius 1 is 1.10 bits per heavy atom. The number of aromatic nitrogens is 2. The normalized spacial score (nSPS) is 11.7. The number of nitrogens with zero attached hydrogens (tertiary/aromatic N) is 2. The van der Waals surface area contributed by atoms with Crippen LogP contribution in [0.4, 0.5) is 13.2 Å². The van der Waals surface area contributed by atoms with Gasteiger partial charge in [0.05, 0.1) is 29.0 Å². The third-order valence-corrected chi connectivity index (χ3v) is 5.09. The molecule has 0 aliphatic carbocycles. The second-order valence-electron chi connectivity index (χ2n) is 6.15. The fourth-order valence-electron chi connectivity index (χ4n) is 2.80. The minimum Gasteiger partial charge on any atom is -0.495 e. The molecule has 0 fully saturated rings. The van der Waals surface area contributed by atoms with Crippen molar-refractivity contribution in [3.05, 3.63) is 59.8 Å². The molecule has 0 bridgehead atoms. The van der Waals surface area contributed by atoms with Crippen molar-refractivity contribution in [2.75, 3.05) is 7.11 Å². The molecule has 156 valence electrons. The number of methoxy groups -OCH3 is 1. The number of primary sulfonamides is 1. The molecule has 0 spiro atoms. The summed E-state index contributed by atoms with van der Waals surface area (Å²) in [4.78, 5) is -0.166. The smallest absolute Gasteiger partial charge is 0.435 e. The van der Waals surface area contributed by atoms with Gasteiger partial charge >= 0.3 is 6.18 Å². The summed E-state index contributed by atoms with van der Waals surface area (Å²) in [5.41, 5.74) is 0.210. The Hall–Kier alpha value is -3.29. The minimum atomic E-state index is -4.67. The standard InChI is InChI=1S/C20H16F3N3O3S/c1-3-4-14-11-13(5-10-18(14)29-2)17-12-19(20(21,22)23)25-26(17)15-6-8-16(9-7-15)30(24,27)28/h5-12H,1-2H3,(H2,24,27,28). The Kier molecular flexibility index (Phi) is 5.61. The zero-order valence-corrected chi connectivity index (χ0v) is 16.7. The topological polar surface area (TPSA) is 87.2 Å². The molecule has 0 unspecified atom stereocenters. The summed E-state index contributed by atoms with van der Waals surface area (Å²) in [7, 11) is -2.47. The maximum atomic E-state index is 13.3. The van der Waals surface area contributed by atoms with Crippen molar-refractivity contribution in [3.63, 3.8) is 0 Å². The van der Waals surface area contributed by atoms with Gasteiger partial charge in [-0.1, -0.05) is 5.92 Å². The number of rotatable bonds is 4. The first-order valence-electron chi connectivity index (χ1n) is 8.46. The second-order valence-corrected chi connectivity index (χ2v) is 7.71. The van der Waals surface area contributed by atoms with Gasteiger partial charge in [-0.15, -0.1) is 5.92 Å². The Labute approximate surface area is 171 Å². The number of alkyl halides is 3. The summed E-state index contributed by atoms with van der Waals surface area (Å²) in [5, 5.41) is 8.76. The summed E-state index contributed by atoms with van der Waals surface area (Å²) in [5.74, 6) is 6.06. The van der Waals surface area contributed by atoms with Crippen LogP contribution in [-0.2, 0) is 16.2 Å². The lowest BCUT2D eigenvalue weighted by atomic mass is 10.1. The fraction of sp³-hybridized carbons (Fsp3) is 0.150. The molecule has 3 aromatic rings. The van der Waals surface area contributed by atoms with Gasteiger partial charge in [0.1, 0.15) is 5.75 Å². The molecule has 0 atom stereocenters. The average Bonchev–Trinajstić information content (AvgIpc) is 3.13. The molecule has 10 heteroatoms. The van der Waals surface area contributed by atoms with Crippen LogP contribution in [0.5, 0.6) is 5.75 Å². The quantitative estimate of drug-likeness (QED) is 0.635. The van der Waals surface area contributed by atoms with Crippen molar-refractivity contribution in [2.24, 2.45) is 5.14 Å². The molecule has 2 N–H and O–H groups in total. The van der Waals surface area contributed by atoms with E-state index in [1.807, 2.05) is 0 Å². The predicted molar refractivity (Wildman–Crippen MR) is 104 cm³/mol. The first kappa shape index (κ1) is 21.4. The number of benzene rings is 2. The number of hydrogen-bond acceptors (Lipinski definition) is 4. The van der Waals surface area contributed by atoms with Crippen molar-refractivity contribution < 1.29 is 26.3 Å². The second kappa shape index (κ2) is 7.85. The van der Waals surface area contributed by atoms with Gasteiger partial charge < -0.3 is 4.74 Å². The molecular weight excluding hydrogens is 419 g/mol. The molecular formula is C20H16F3N3O3S. The van der Waals surface area contributed by atoms with E-state index >= 15 is 0 Å². The summed E-state index contributed by atoms with van der Waals surface area (Å²) in [6, 6.07) is 10.8. The van der Waals surface area contributed by atoms with Crippen molar-refractivity contribution in [1.82, 2.24) is 9.78 Å². The molecule has 0 saturated heterocycles. The number of halogens is 3. The third-order valence-electron chi connectivity index (χ3n) is 4.16. The van der Waals surface area contributed by atoms with Crippen LogP contribution in [-0.4, -0.2) is 25.3 Å². The van der Waals surface area contributed by atoms with Gasteiger partial charge in [-0.25, -0.2) is 18.2 Å². The van der Waals surface area contributed by atoms with Gasteiger partial charge in [-0.05, 0) is 55.5 Å². The first-order chi connectivity index (χ1) is 14.0. The molecule has 0 aliphatic rings. The average molecular weight is 435 g/mol. The minimum absolute atomic E-state index is 0.146. The Bertz CT molecular complexity index is 1250. The van der Waals surface area contributed by atoms with Crippen molar-refractivity contribution in [3.8, 4) is 34.5 Å². The van der Waals surface area contributed by atoms with E-state index in [0.29, 0.717) is 16.9 Å². The van der Waals surface area contributed by atoms with Crippen LogP contribution >= 0.6 is 0 Å². The monoisotopic (exact) mass is 435 g/mol. The largest absolute Gasteiger partial charge is 0.495 e. The van der Waals surface area contributed by atoms with E-state index in [4.69, 9.17) is 9.88 Å². The Morgan fingerprint density at radius 2 is 1.77 bits per heavy atom. The van der Waals surface area contributed by atoms with Crippen LogP contribution < -0.4 is 9.88 Å². The highest BCUT2D eigenvalue weighted by Gasteiger charge is 2.35. The lowest BCUT2D eigenvalue weighted by Crippen LogP contribution is -2.12. The molecule has 0 amide bonds. The Balaban J connectivity index is 2.21. The molecule has 0 radical (unpaired) electrons. The molecule has 6 nitrogen and oxygen atoms in total. The fourth-order valence-corrected chi connectivity index (χ4v) is 3.31. The number of ether oxygens (including phenoxy) is 1. The number of nitrogens with two attached hydrogens (primary N) is 1. The van der Waals surface area contributed by atoms with Gasteiger partial charge in [0.15, 0.2) is 5.69 Å². The van der Waals surface area contributed by atoms with Crippen LogP contribution in [0.1, 0.15) is 18.2 Å². The molecule has 0 aliphatic heterocycles. The summed E-state index contributed by atoms with van der Waals surface area (Å²) in [6.07, 6.45) is -4.67. The van der Waals surface area contributed by atoms with E-state index < -0.39 is 21.9 Å². The van der Waals surface area contributed by atoms with E-state index in [0.717, 1.165) is 10.7 Å².